The van der Waals surface area contributed by atoms with Crippen molar-refractivity contribution in [3.63, 3.8) is 0 Å². The van der Waals surface area contributed by atoms with E-state index in [-0.39, 0.29) is 5.91 Å². The summed E-state index contributed by atoms with van der Waals surface area (Å²) in [7, 11) is 1.71. The van der Waals surface area contributed by atoms with Gasteiger partial charge in [0.1, 0.15) is 0 Å². The van der Waals surface area contributed by atoms with E-state index in [1.165, 1.54) is 0 Å². The fourth-order valence-corrected chi connectivity index (χ4v) is 1.62. The van der Waals surface area contributed by atoms with Crippen LogP contribution in [0, 0.1) is 5.92 Å². The lowest BCUT2D eigenvalue weighted by molar-refractivity contribution is -0.130. The predicted molar refractivity (Wildman–Crippen MR) is 66.5 cm³/mol. The van der Waals surface area contributed by atoms with Crippen LogP contribution in [-0.2, 0) is 9.53 Å². The van der Waals surface area contributed by atoms with Gasteiger partial charge in [0.05, 0.1) is 0 Å². The molecule has 0 bridgehead atoms. The number of methoxy groups -OCH3 is 1. The maximum absolute atomic E-state index is 11.6. The van der Waals surface area contributed by atoms with Crippen LogP contribution in [0.25, 0.3) is 0 Å². The molecule has 0 saturated heterocycles. The number of carbonyl (C=O) groups excluding carboxylic acids is 1. The van der Waals surface area contributed by atoms with E-state index in [0.717, 1.165) is 32.8 Å². The highest BCUT2D eigenvalue weighted by atomic mass is 16.5. The fourth-order valence-electron chi connectivity index (χ4n) is 1.62. The van der Waals surface area contributed by atoms with E-state index >= 15 is 0 Å². The third kappa shape index (κ3) is 6.80. The molecule has 4 nitrogen and oxygen atoms in total. The van der Waals surface area contributed by atoms with Gasteiger partial charge in [-0.2, -0.15) is 0 Å². The molecule has 96 valence electrons. The number of ether oxygens (including phenoxy) is 1. The van der Waals surface area contributed by atoms with Crippen LogP contribution in [0.2, 0.25) is 0 Å². The van der Waals surface area contributed by atoms with Gasteiger partial charge < -0.3 is 15.0 Å². The van der Waals surface area contributed by atoms with Gasteiger partial charge in [0.15, 0.2) is 0 Å². The third-order valence-electron chi connectivity index (χ3n) is 2.58. The maximum atomic E-state index is 11.6. The summed E-state index contributed by atoms with van der Waals surface area (Å²) in [5.41, 5.74) is 0. The predicted octanol–water partition coefficient (Wildman–Crippen LogP) is 1.12. The molecule has 0 aromatic carbocycles. The molecule has 0 aromatic rings. The lowest BCUT2D eigenvalue weighted by atomic mass is 10.2. The fraction of sp³-hybridized carbons (Fsp3) is 0.917. The monoisotopic (exact) mass is 230 g/mol. The second-order valence-corrected chi connectivity index (χ2v) is 4.08. The Labute approximate surface area is 99.3 Å². The van der Waals surface area contributed by atoms with E-state index in [1.807, 2.05) is 18.7 Å². The lowest BCUT2D eigenvalue weighted by Crippen LogP contribution is -2.34. The van der Waals surface area contributed by atoms with Crippen molar-refractivity contribution in [1.82, 2.24) is 10.2 Å². The molecule has 1 N–H and O–H groups in total. The van der Waals surface area contributed by atoms with Gasteiger partial charge in [-0.25, -0.2) is 0 Å². The van der Waals surface area contributed by atoms with E-state index in [2.05, 4.69) is 12.2 Å². The van der Waals surface area contributed by atoms with E-state index in [9.17, 15) is 4.79 Å². The van der Waals surface area contributed by atoms with Crippen LogP contribution in [0.1, 0.15) is 27.2 Å². The minimum Gasteiger partial charge on any atom is -0.384 e. The Balaban J connectivity index is 3.54. The maximum Gasteiger partial charge on any atom is 0.223 e. The van der Waals surface area contributed by atoms with Gasteiger partial charge >= 0.3 is 0 Å². The standard InChI is InChI=1S/C12H26N2O2/c1-5-14(6-2)12(15)7-8-13-9-11(3)10-16-4/h11,13H,5-10H2,1-4H3. The lowest BCUT2D eigenvalue weighted by Gasteiger charge is -2.19. The van der Waals surface area contributed by atoms with Crippen LogP contribution in [0.5, 0.6) is 0 Å². The van der Waals surface area contributed by atoms with Gasteiger partial charge in [0, 0.05) is 39.8 Å². The molecule has 0 aliphatic heterocycles. The zero-order valence-electron chi connectivity index (χ0n) is 11.1. The molecule has 1 unspecified atom stereocenters. The number of rotatable bonds is 9. The number of amides is 1. The molecule has 1 amide bonds. The zero-order chi connectivity index (χ0) is 12.4. The summed E-state index contributed by atoms with van der Waals surface area (Å²) >= 11 is 0. The molecular weight excluding hydrogens is 204 g/mol. The summed E-state index contributed by atoms with van der Waals surface area (Å²) < 4.78 is 5.04. The molecule has 0 saturated carbocycles. The van der Waals surface area contributed by atoms with Crippen molar-refractivity contribution in [2.45, 2.75) is 27.2 Å². The normalized spacial score (nSPS) is 12.5. The third-order valence-corrected chi connectivity index (χ3v) is 2.58. The Morgan fingerprint density at radius 1 is 1.38 bits per heavy atom. The van der Waals surface area contributed by atoms with Crippen LogP contribution < -0.4 is 5.32 Å². The van der Waals surface area contributed by atoms with Gasteiger partial charge in [-0.05, 0) is 26.3 Å². The highest BCUT2D eigenvalue weighted by Gasteiger charge is 2.08. The molecule has 0 fully saturated rings. The minimum atomic E-state index is 0.233. The topological polar surface area (TPSA) is 41.6 Å². The van der Waals surface area contributed by atoms with Crippen molar-refractivity contribution >= 4 is 5.91 Å². The summed E-state index contributed by atoms with van der Waals surface area (Å²) in [6.07, 6.45) is 0.585. The van der Waals surface area contributed by atoms with E-state index < -0.39 is 0 Å². The van der Waals surface area contributed by atoms with Gasteiger partial charge in [0.25, 0.3) is 0 Å². The van der Waals surface area contributed by atoms with Gasteiger partial charge in [-0.1, -0.05) is 6.92 Å². The Kier molecular flexibility index (Phi) is 9.24. The summed E-state index contributed by atoms with van der Waals surface area (Å²) in [4.78, 5) is 13.5. The van der Waals surface area contributed by atoms with Crippen molar-refractivity contribution in [3.8, 4) is 0 Å². The molecule has 16 heavy (non-hydrogen) atoms. The summed E-state index contributed by atoms with van der Waals surface area (Å²) in [5.74, 6) is 0.727. The van der Waals surface area contributed by atoms with Crippen LogP contribution in [0.15, 0.2) is 0 Å². The summed E-state index contributed by atoms with van der Waals surface area (Å²) in [6, 6.07) is 0. The number of nitrogens with one attached hydrogen (secondary N) is 1. The average Bonchev–Trinajstić information content (AvgIpc) is 2.26. The first kappa shape index (κ1) is 15.4. The molecular formula is C12H26N2O2. The van der Waals surface area contributed by atoms with Crippen LogP contribution in [0.4, 0.5) is 0 Å². The van der Waals surface area contributed by atoms with Gasteiger partial charge in [-0.15, -0.1) is 0 Å². The van der Waals surface area contributed by atoms with Crippen LogP contribution in [0.3, 0.4) is 0 Å². The van der Waals surface area contributed by atoms with Crippen molar-refractivity contribution in [3.05, 3.63) is 0 Å². The van der Waals surface area contributed by atoms with Crippen molar-refractivity contribution in [2.75, 3.05) is 39.9 Å². The summed E-state index contributed by atoms with van der Waals surface area (Å²) in [6.45, 7) is 10.2. The molecule has 0 aromatic heterocycles. The first-order valence-corrected chi connectivity index (χ1v) is 6.13. The molecule has 0 rings (SSSR count). The van der Waals surface area contributed by atoms with Crippen LogP contribution in [-0.4, -0.2) is 50.7 Å². The number of nitrogens with zero attached hydrogens (tertiary/aromatic N) is 1. The largest absolute Gasteiger partial charge is 0.384 e. The Morgan fingerprint density at radius 3 is 2.50 bits per heavy atom. The molecule has 4 heteroatoms. The van der Waals surface area contributed by atoms with Gasteiger partial charge in [-0.3, -0.25) is 4.79 Å². The SMILES string of the molecule is CCN(CC)C(=O)CCNCC(C)COC. The highest BCUT2D eigenvalue weighted by molar-refractivity contribution is 5.76. The smallest absolute Gasteiger partial charge is 0.223 e. The zero-order valence-corrected chi connectivity index (χ0v) is 11.1. The number of hydrogen-bond donors (Lipinski definition) is 1. The van der Waals surface area contributed by atoms with Crippen molar-refractivity contribution in [1.29, 1.82) is 0 Å². The minimum absolute atomic E-state index is 0.233. The first-order valence-electron chi connectivity index (χ1n) is 6.13. The number of hydrogen-bond acceptors (Lipinski definition) is 3. The molecule has 0 aliphatic carbocycles. The Hall–Kier alpha value is -0.610. The average molecular weight is 230 g/mol. The van der Waals surface area contributed by atoms with Crippen molar-refractivity contribution in [2.24, 2.45) is 5.92 Å². The molecule has 0 radical (unpaired) electrons. The van der Waals surface area contributed by atoms with E-state index in [1.54, 1.807) is 7.11 Å². The second-order valence-electron chi connectivity index (χ2n) is 4.08. The Morgan fingerprint density at radius 2 is 2.00 bits per heavy atom. The Bertz CT molecular complexity index is 182. The highest BCUT2D eigenvalue weighted by Crippen LogP contribution is 1.95. The molecule has 0 aliphatic rings. The second kappa shape index (κ2) is 9.60. The first-order chi connectivity index (χ1) is 7.65. The molecule has 0 spiro atoms. The quantitative estimate of drug-likeness (QED) is 0.603. The van der Waals surface area contributed by atoms with Crippen molar-refractivity contribution < 1.29 is 9.53 Å². The van der Waals surface area contributed by atoms with E-state index in [0.29, 0.717) is 12.3 Å². The van der Waals surface area contributed by atoms with E-state index in [4.69, 9.17) is 4.74 Å². The number of carbonyl (C=O) groups is 1. The van der Waals surface area contributed by atoms with Crippen LogP contribution >= 0.6 is 0 Å². The summed E-state index contributed by atoms with van der Waals surface area (Å²) in [5, 5.41) is 3.28. The molecule has 0 heterocycles. The molecule has 1 atom stereocenters. The van der Waals surface area contributed by atoms with Gasteiger partial charge in [0.2, 0.25) is 5.91 Å².